The fourth-order valence-electron chi connectivity index (χ4n) is 1.34. The van der Waals surface area contributed by atoms with E-state index in [1.54, 1.807) is 12.1 Å². The van der Waals surface area contributed by atoms with Crippen LogP contribution in [0, 0.1) is 10.1 Å². The lowest BCUT2D eigenvalue weighted by molar-refractivity contribution is -0.385. The van der Waals surface area contributed by atoms with Crippen LogP contribution in [0.15, 0.2) is 28.9 Å². The monoisotopic (exact) mass is 295 g/mol. The molecule has 1 N–H and O–H groups in total. The molecule has 0 aliphatic rings. The Hall–Kier alpha value is -2.02. The van der Waals surface area contributed by atoms with E-state index in [2.05, 4.69) is 25.9 Å². The van der Waals surface area contributed by atoms with Crippen molar-refractivity contribution in [2.75, 3.05) is 0 Å². The maximum atomic E-state index is 10.8. The summed E-state index contributed by atoms with van der Waals surface area (Å²) in [5, 5.41) is 10.8. The Bertz CT molecular complexity index is 594. The average molecular weight is 296 g/mol. The van der Waals surface area contributed by atoms with Gasteiger partial charge in [-0.05, 0) is 28.1 Å². The molecule has 1 aromatic heterocycles. The van der Waals surface area contributed by atoms with Crippen LogP contribution in [-0.4, -0.2) is 21.2 Å². The molecular weight excluding hydrogens is 290 g/mol. The fourth-order valence-corrected chi connectivity index (χ4v) is 1.74. The second-order valence-corrected chi connectivity index (χ2v) is 4.07. The molecule has 0 saturated heterocycles. The Morgan fingerprint density at radius 3 is 2.82 bits per heavy atom. The summed E-state index contributed by atoms with van der Waals surface area (Å²) in [6.45, 7) is 0. The largest absolute Gasteiger partial charge is 0.344 e. The first-order chi connectivity index (χ1) is 8.11. The molecule has 0 fully saturated rings. The highest BCUT2D eigenvalue weighted by Gasteiger charge is 2.14. The SMILES string of the molecule is O=Cc1c[nH]c(-c2ccc(Br)c([N+](=O)[O-])c2)n1. The molecule has 6 nitrogen and oxygen atoms in total. The minimum atomic E-state index is -0.489. The lowest BCUT2D eigenvalue weighted by Crippen LogP contribution is -1.91. The summed E-state index contributed by atoms with van der Waals surface area (Å²) in [7, 11) is 0. The van der Waals surface area contributed by atoms with Crippen molar-refractivity contribution < 1.29 is 9.72 Å². The molecule has 2 aromatic rings. The lowest BCUT2D eigenvalue weighted by atomic mass is 10.2. The zero-order valence-electron chi connectivity index (χ0n) is 8.38. The lowest BCUT2D eigenvalue weighted by Gasteiger charge is -1.99. The van der Waals surface area contributed by atoms with Crippen molar-refractivity contribution in [3.63, 3.8) is 0 Å². The summed E-state index contributed by atoms with van der Waals surface area (Å²) in [6, 6.07) is 4.62. The second kappa shape index (κ2) is 4.46. The van der Waals surface area contributed by atoms with Crippen molar-refractivity contribution in [1.82, 2.24) is 9.97 Å². The minimum Gasteiger partial charge on any atom is -0.344 e. The van der Waals surface area contributed by atoms with Crippen molar-refractivity contribution in [2.24, 2.45) is 0 Å². The van der Waals surface area contributed by atoms with Gasteiger partial charge in [-0.2, -0.15) is 0 Å². The van der Waals surface area contributed by atoms with Gasteiger partial charge in [0.2, 0.25) is 0 Å². The molecule has 0 unspecified atom stereocenters. The van der Waals surface area contributed by atoms with E-state index in [0.29, 0.717) is 22.1 Å². The van der Waals surface area contributed by atoms with E-state index in [1.807, 2.05) is 0 Å². The van der Waals surface area contributed by atoms with E-state index in [-0.39, 0.29) is 11.4 Å². The van der Waals surface area contributed by atoms with Crippen LogP contribution in [0.25, 0.3) is 11.4 Å². The van der Waals surface area contributed by atoms with Crippen LogP contribution >= 0.6 is 15.9 Å². The molecule has 0 amide bonds. The first-order valence-corrected chi connectivity index (χ1v) is 5.36. The molecule has 1 aromatic carbocycles. The predicted octanol–water partition coefficient (Wildman–Crippen LogP) is 2.56. The predicted molar refractivity (Wildman–Crippen MR) is 63.8 cm³/mol. The van der Waals surface area contributed by atoms with Gasteiger partial charge in [-0.15, -0.1) is 0 Å². The summed E-state index contributed by atoms with van der Waals surface area (Å²) in [5.41, 5.74) is 0.755. The van der Waals surface area contributed by atoms with Crippen molar-refractivity contribution in [3.8, 4) is 11.4 Å². The van der Waals surface area contributed by atoms with Crippen LogP contribution < -0.4 is 0 Å². The number of hydrogen-bond donors (Lipinski definition) is 1. The standard InChI is InChI=1S/C10H6BrN3O3/c11-8-2-1-6(3-9(8)14(16)17)10-12-4-7(5-15)13-10/h1-5H,(H,12,13). The van der Waals surface area contributed by atoms with E-state index >= 15 is 0 Å². The van der Waals surface area contributed by atoms with Crippen molar-refractivity contribution in [2.45, 2.75) is 0 Å². The van der Waals surface area contributed by atoms with Gasteiger partial charge < -0.3 is 4.98 Å². The molecule has 86 valence electrons. The quantitative estimate of drug-likeness (QED) is 0.535. The Labute approximate surface area is 104 Å². The smallest absolute Gasteiger partial charge is 0.284 e. The normalized spacial score (nSPS) is 10.2. The number of hydrogen-bond acceptors (Lipinski definition) is 4. The molecule has 0 atom stereocenters. The van der Waals surface area contributed by atoms with Crippen LogP contribution in [0.4, 0.5) is 5.69 Å². The van der Waals surface area contributed by atoms with Crippen LogP contribution in [0.2, 0.25) is 0 Å². The maximum absolute atomic E-state index is 10.8. The van der Waals surface area contributed by atoms with Crippen LogP contribution in [-0.2, 0) is 0 Å². The minimum absolute atomic E-state index is 0.0495. The zero-order chi connectivity index (χ0) is 12.4. The molecular formula is C10H6BrN3O3. The van der Waals surface area contributed by atoms with Gasteiger partial charge in [0.25, 0.3) is 5.69 Å². The van der Waals surface area contributed by atoms with E-state index < -0.39 is 4.92 Å². The second-order valence-electron chi connectivity index (χ2n) is 3.22. The summed E-state index contributed by atoms with van der Waals surface area (Å²) < 4.78 is 0.397. The van der Waals surface area contributed by atoms with Crippen LogP contribution in [0.3, 0.4) is 0 Å². The van der Waals surface area contributed by atoms with Crippen LogP contribution in [0.5, 0.6) is 0 Å². The molecule has 0 saturated carbocycles. The summed E-state index contributed by atoms with van der Waals surface area (Å²) in [4.78, 5) is 27.5. The third kappa shape index (κ3) is 2.23. The number of nitro benzene ring substituents is 1. The Morgan fingerprint density at radius 2 is 2.24 bits per heavy atom. The highest BCUT2D eigenvalue weighted by molar-refractivity contribution is 9.10. The van der Waals surface area contributed by atoms with Gasteiger partial charge in [0.05, 0.1) is 9.40 Å². The first kappa shape index (κ1) is 11.5. The highest BCUT2D eigenvalue weighted by Crippen LogP contribution is 2.29. The van der Waals surface area contributed by atoms with E-state index in [0.717, 1.165) is 0 Å². The number of nitrogens with zero attached hydrogens (tertiary/aromatic N) is 2. The number of rotatable bonds is 3. The van der Waals surface area contributed by atoms with Gasteiger partial charge in [0.1, 0.15) is 11.5 Å². The molecule has 7 heteroatoms. The highest BCUT2D eigenvalue weighted by atomic mass is 79.9. The fraction of sp³-hybridized carbons (Fsp3) is 0. The number of nitrogens with one attached hydrogen (secondary N) is 1. The number of aldehydes is 1. The molecule has 1 heterocycles. The number of halogens is 1. The van der Waals surface area contributed by atoms with Gasteiger partial charge >= 0.3 is 0 Å². The molecule has 0 aliphatic heterocycles. The van der Waals surface area contributed by atoms with Crippen molar-refractivity contribution in [1.29, 1.82) is 0 Å². The van der Waals surface area contributed by atoms with E-state index in [4.69, 9.17) is 0 Å². The van der Waals surface area contributed by atoms with E-state index in [1.165, 1.54) is 12.3 Å². The van der Waals surface area contributed by atoms with Gasteiger partial charge in [0, 0.05) is 17.8 Å². The Balaban J connectivity index is 2.49. The summed E-state index contributed by atoms with van der Waals surface area (Å²) in [6.07, 6.45) is 2.05. The number of nitro groups is 1. The van der Waals surface area contributed by atoms with Gasteiger partial charge in [-0.1, -0.05) is 0 Å². The van der Waals surface area contributed by atoms with E-state index in [9.17, 15) is 14.9 Å². The Kier molecular flexibility index (Phi) is 3.01. The number of benzene rings is 1. The first-order valence-electron chi connectivity index (χ1n) is 4.56. The van der Waals surface area contributed by atoms with Crippen molar-refractivity contribution in [3.05, 3.63) is 44.7 Å². The number of H-pyrrole nitrogens is 1. The summed E-state index contributed by atoms with van der Waals surface area (Å²) >= 11 is 3.09. The number of carbonyl (C=O) groups excluding carboxylic acids is 1. The Morgan fingerprint density at radius 1 is 1.47 bits per heavy atom. The van der Waals surface area contributed by atoms with Gasteiger partial charge in [-0.25, -0.2) is 4.98 Å². The molecule has 0 radical (unpaired) electrons. The van der Waals surface area contributed by atoms with Crippen LogP contribution in [0.1, 0.15) is 10.5 Å². The summed E-state index contributed by atoms with van der Waals surface area (Å²) in [5.74, 6) is 0.419. The molecule has 0 aliphatic carbocycles. The molecule has 0 spiro atoms. The average Bonchev–Trinajstić information content (AvgIpc) is 2.78. The van der Waals surface area contributed by atoms with Crippen molar-refractivity contribution >= 4 is 27.9 Å². The number of imidazole rings is 1. The molecule has 2 rings (SSSR count). The third-order valence-electron chi connectivity index (χ3n) is 2.13. The van der Waals surface area contributed by atoms with Gasteiger partial charge in [0.15, 0.2) is 6.29 Å². The maximum Gasteiger partial charge on any atom is 0.284 e. The number of carbonyl (C=O) groups is 1. The van der Waals surface area contributed by atoms with Gasteiger partial charge in [-0.3, -0.25) is 14.9 Å². The molecule has 17 heavy (non-hydrogen) atoms. The number of aromatic amines is 1. The zero-order valence-corrected chi connectivity index (χ0v) is 9.97. The number of aromatic nitrogens is 2. The molecule has 0 bridgehead atoms. The third-order valence-corrected chi connectivity index (χ3v) is 2.81. The topological polar surface area (TPSA) is 88.9 Å².